The predicted molar refractivity (Wildman–Crippen MR) is 147 cm³/mol. The summed E-state index contributed by atoms with van der Waals surface area (Å²) in [6.45, 7) is 2.33. The van der Waals surface area contributed by atoms with Crippen LogP contribution in [-0.4, -0.2) is 16.2 Å². The highest BCUT2D eigenvalue weighted by Gasteiger charge is 2.22. The SMILES string of the molecule is CCCc1onc(-c2c(Cl)cccc2Cl)c1COc1ccc(-c2ccc3ccc(C(=O)O)cc3c2)cc1. The van der Waals surface area contributed by atoms with E-state index in [4.69, 9.17) is 32.5 Å². The van der Waals surface area contributed by atoms with Crippen LogP contribution in [-0.2, 0) is 13.0 Å². The number of benzene rings is 4. The van der Waals surface area contributed by atoms with Crippen LogP contribution in [0.3, 0.4) is 0 Å². The minimum Gasteiger partial charge on any atom is -0.489 e. The molecule has 0 radical (unpaired) electrons. The molecule has 0 atom stereocenters. The number of hydrogen-bond acceptors (Lipinski definition) is 4. The van der Waals surface area contributed by atoms with Crippen LogP contribution in [0.15, 0.2) is 83.4 Å². The molecular weight excluding hydrogens is 509 g/mol. The summed E-state index contributed by atoms with van der Waals surface area (Å²) in [5.41, 5.74) is 4.30. The maximum Gasteiger partial charge on any atom is 0.335 e. The average molecular weight is 532 g/mol. The summed E-state index contributed by atoms with van der Waals surface area (Å²) in [4.78, 5) is 11.3. The van der Waals surface area contributed by atoms with E-state index in [2.05, 4.69) is 12.1 Å². The number of hydrogen-bond donors (Lipinski definition) is 1. The second-order valence-electron chi connectivity index (χ2n) is 8.67. The Bertz CT molecular complexity index is 1570. The number of carboxylic acids is 1. The number of carbonyl (C=O) groups is 1. The first-order valence-electron chi connectivity index (χ1n) is 11.9. The van der Waals surface area contributed by atoms with E-state index in [-0.39, 0.29) is 12.2 Å². The van der Waals surface area contributed by atoms with Crippen molar-refractivity contribution in [3.8, 4) is 28.1 Å². The smallest absolute Gasteiger partial charge is 0.335 e. The number of aromatic carboxylic acids is 1. The molecule has 0 unspecified atom stereocenters. The van der Waals surface area contributed by atoms with Crippen LogP contribution in [0.2, 0.25) is 10.0 Å². The van der Waals surface area contributed by atoms with Crippen LogP contribution in [0.1, 0.15) is 35.0 Å². The zero-order valence-corrected chi connectivity index (χ0v) is 21.5. The van der Waals surface area contributed by atoms with Gasteiger partial charge in [-0.05, 0) is 70.8 Å². The highest BCUT2D eigenvalue weighted by atomic mass is 35.5. The van der Waals surface area contributed by atoms with E-state index >= 15 is 0 Å². The van der Waals surface area contributed by atoms with Crippen LogP contribution < -0.4 is 4.74 Å². The van der Waals surface area contributed by atoms with Gasteiger partial charge in [0.25, 0.3) is 0 Å². The minimum atomic E-state index is -0.941. The first-order valence-corrected chi connectivity index (χ1v) is 12.6. The van der Waals surface area contributed by atoms with E-state index in [9.17, 15) is 9.90 Å². The Morgan fingerprint density at radius 2 is 1.62 bits per heavy atom. The average Bonchev–Trinajstić information content (AvgIpc) is 3.29. The van der Waals surface area contributed by atoms with Gasteiger partial charge in [0.2, 0.25) is 0 Å². The summed E-state index contributed by atoms with van der Waals surface area (Å²) < 4.78 is 11.8. The maximum absolute atomic E-state index is 11.3. The van der Waals surface area contributed by atoms with Gasteiger partial charge in [0.15, 0.2) is 0 Å². The Kier molecular flexibility index (Phi) is 7.17. The fourth-order valence-electron chi connectivity index (χ4n) is 4.29. The third-order valence-corrected chi connectivity index (χ3v) is 6.83. The first kappa shape index (κ1) is 24.9. The molecule has 1 aromatic heterocycles. The van der Waals surface area contributed by atoms with Crippen LogP contribution in [0.4, 0.5) is 0 Å². The Labute approximate surface area is 224 Å². The fraction of sp³-hybridized carbons (Fsp3) is 0.133. The number of ether oxygens (including phenoxy) is 1. The minimum absolute atomic E-state index is 0.253. The largest absolute Gasteiger partial charge is 0.489 e. The summed E-state index contributed by atoms with van der Waals surface area (Å²) in [7, 11) is 0. The molecule has 5 aromatic rings. The normalized spacial score (nSPS) is 11.1. The standard InChI is InChI=1S/C30H23Cl2NO4/c1-2-4-27-24(29(33-37-27)28-25(31)5-3-6-26(28)32)17-36-23-13-11-18(12-14-23)20-9-7-19-8-10-21(30(34)35)16-22(19)15-20/h3,5-16H,2,4,17H2,1H3,(H,34,35). The lowest BCUT2D eigenvalue weighted by Gasteiger charge is -2.10. The van der Waals surface area contributed by atoms with Crippen LogP contribution in [0.25, 0.3) is 33.2 Å². The lowest BCUT2D eigenvalue weighted by atomic mass is 10.00. The summed E-state index contributed by atoms with van der Waals surface area (Å²) in [5.74, 6) is 0.503. The predicted octanol–water partition coefficient (Wildman–Crippen LogP) is 8.70. The van der Waals surface area contributed by atoms with Crippen molar-refractivity contribution in [1.82, 2.24) is 5.16 Å². The van der Waals surface area contributed by atoms with Crippen molar-refractivity contribution in [1.29, 1.82) is 0 Å². The number of rotatable bonds is 8. The van der Waals surface area contributed by atoms with Gasteiger partial charge in [0, 0.05) is 12.0 Å². The summed E-state index contributed by atoms with van der Waals surface area (Å²) in [6, 6.07) is 24.2. The molecule has 0 aliphatic heterocycles. The van der Waals surface area contributed by atoms with Crippen molar-refractivity contribution in [3.63, 3.8) is 0 Å². The van der Waals surface area contributed by atoms with Crippen molar-refractivity contribution < 1.29 is 19.2 Å². The van der Waals surface area contributed by atoms with E-state index in [0.29, 0.717) is 27.1 Å². The number of carboxylic acid groups (broad SMARTS) is 1. The first-order chi connectivity index (χ1) is 17.9. The molecule has 1 heterocycles. The second kappa shape index (κ2) is 10.7. The van der Waals surface area contributed by atoms with Gasteiger partial charge >= 0.3 is 5.97 Å². The molecule has 5 nitrogen and oxygen atoms in total. The van der Waals surface area contributed by atoms with Crippen LogP contribution in [0.5, 0.6) is 5.75 Å². The molecule has 0 spiro atoms. The van der Waals surface area contributed by atoms with Gasteiger partial charge in [-0.2, -0.15) is 0 Å². The molecule has 0 bridgehead atoms. The lowest BCUT2D eigenvalue weighted by molar-refractivity contribution is 0.0697. The molecule has 5 rings (SSSR count). The number of halogens is 2. The highest BCUT2D eigenvalue weighted by Crippen LogP contribution is 2.37. The molecular formula is C30H23Cl2NO4. The molecule has 4 aromatic carbocycles. The van der Waals surface area contributed by atoms with E-state index in [1.807, 2.05) is 48.5 Å². The third-order valence-electron chi connectivity index (χ3n) is 6.20. The van der Waals surface area contributed by atoms with E-state index < -0.39 is 5.97 Å². The highest BCUT2D eigenvalue weighted by molar-refractivity contribution is 6.39. The monoisotopic (exact) mass is 531 g/mol. The van der Waals surface area contributed by atoms with Gasteiger partial charge in [-0.3, -0.25) is 0 Å². The van der Waals surface area contributed by atoms with E-state index in [1.165, 1.54) is 0 Å². The molecule has 37 heavy (non-hydrogen) atoms. The Hall–Kier alpha value is -3.80. The Balaban J connectivity index is 1.39. The van der Waals surface area contributed by atoms with Gasteiger partial charge in [-0.1, -0.05) is 71.7 Å². The zero-order valence-electron chi connectivity index (χ0n) is 20.0. The summed E-state index contributed by atoms with van der Waals surface area (Å²) >= 11 is 12.9. The molecule has 0 saturated carbocycles. The topological polar surface area (TPSA) is 72.6 Å². The quantitative estimate of drug-likeness (QED) is 0.216. The Morgan fingerprint density at radius 1 is 0.919 bits per heavy atom. The summed E-state index contributed by atoms with van der Waals surface area (Å²) in [5, 5.41) is 16.4. The molecule has 7 heteroatoms. The maximum atomic E-state index is 11.3. The molecule has 0 amide bonds. The van der Waals surface area contributed by atoms with Crippen molar-refractivity contribution in [2.45, 2.75) is 26.4 Å². The van der Waals surface area contributed by atoms with Gasteiger partial charge in [-0.15, -0.1) is 0 Å². The van der Waals surface area contributed by atoms with Gasteiger partial charge in [0.1, 0.15) is 23.8 Å². The molecule has 0 aliphatic rings. The fourth-order valence-corrected chi connectivity index (χ4v) is 4.87. The van der Waals surface area contributed by atoms with Crippen LogP contribution in [0, 0.1) is 0 Å². The molecule has 0 saturated heterocycles. The van der Waals surface area contributed by atoms with Crippen molar-refractivity contribution >= 4 is 39.9 Å². The van der Waals surface area contributed by atoms with Crippen molar-refractivity contribution in [2.24, 2.45) is 0 Å². The number of nitrogens with zero attached hydrogens (tertiary/aromatic N) is 1. The number of fused-ring (bicyclic) bond motifs is 1. The Morgan fingerprint density at radius 3 is 2.32 bits per heavy atom. The molecule has 1 N–H and O–H groups in total. The van der Waals surface area contributed by atoms with Gasteiger partial charge in [-0.25, -0.2) is 4.79 Å². The van der Waals surface area contributed by atoms with E-state index in [1.54, 1.807) is 30.3 Å². The molecule has 0 fully saturated rings. The van der Waals surface area contributed by atoms with E-state index in [0.717, 1.165) is 46.1 Å². The lowest BCUT2D eigenvalue weighted by Crippen LogP contribution is -2.00. The van der Waals surface area contributed by atoms with Gasteiger partial charge < -0.3 is 14.4 Å². The zero-order chi connectivity index (χ0) is 25.9. The van der Waals surface area contributed by atoms with Gasteiger partial charge in [0.05, 0.1) is 21.2 Å². The third kappa shape index (κ3) is 5.19. The van der Waals surface area contributed by atoms with Crippen LogP contribution >= 0.6 is 23.2 Å². The van der Waals surface area contributed by atoms with Crippen molar-refractivity contribution in [3.05, 3.63) is 106 Å². The number of aryl methyl sites for hydroxylation is 1. The number of aromatic nitrogens is 1. The molecule has 0 aliphatic carbocycles. The molecule has 186 valence electrons. The second-order valence-corrected chi connectivity index (χ2v) is 9.49. The van der Waals surface area contributed by atoms with Crippen molar-refractivity contribution in [2.75, 3.05) is 0 Å². The summed E-state index contributed by atoms with van der Waals surface area (Å²) in [6.07, 6.45) is 1.62.